The highest BCUT2D eigenvalue weighted by atomic mass is 16.6. The molecule has 1 atom stereocenters. The number of carboxylic acids is 1. The minimum Gasteiger partial charge on any atom is -0.495 e. The van der Waals surface area contributed by atoms with Crippen molar-refractivity contribution in [2.75, 3.05) is 44.8 Å². The molecule has 33 heavy (non-hydrogen) atoms. The predicted octanol–water partition coefficient (Wildman–Crippen LogP) is 3.52. The Morgan fingerprint density at radius 3 is 2.82 bits per heavy atom. The number of anilines is 1. The molecule has 0 saturated carbocycles. The van der Waals surface area contributed by atoms with Crippen LogP contribution < -0.4 is 24.4 Å². The predicted molar refractivity (Wildman–Crippen MR) is 126 cm³/mol. The number of carboxylic acid groups (broad SMARTS) is 1. The molecule has 0 aliphatic carbocycles. The van der Waals surface area contributed by atoms with Gasteiger partial charge in [0.05, 0.1) is 18.3 Å². The second-order valence-electron chi connectivity index (χ2n) is 8.65. The molecule has 8 nitrogen and oxygen atoms in total. The van der Waals surface area contributed by atoms with Gasteiger partial charge < -0.3 is 34.5 Å². The van der Waals surface area contributed by atoms with E-state index in [1.54, 1.807) is 13.2 Å². The molecule has 2 aliphatic rings. The fourth-order valence-corrected chi connectivity index (χ4v) is 4.71. The Labute approximate surface area is 192 Å². The SMILES string of the molecule is COc1ccccc1N1CCC(CNC[C@H]2COc3ccc4[nH]c(C(=O)O)cc4c3O2)CC1. The molecule has 0 bridgehead atoms. The largest absolute Gasteiger partial charge is 0.495 e. The highest BCUT2D eigenvalue weighted by Crippen LogP contribution is 2.39. The van der Waals surface area contributed by atoms with Crippen molar-refractivity contribution in [3.63, 3.8) is 0 Å². The number of piperidine rings is 1. The highest BCUT2D eigenvalue weighted by Gasteiger charge is 2.26. The van der Waals surface area contributed by atoms with Gasteiger partial charge in [-0.3, -0.25) is 0 Å². The Balaban J connectivity index is 1.13. The summed E-state index contributed by atoms with van der Waals surface area (Å²) in [7, 11) is 1.72. The van der Waals surface area contributed by atoms with Crippen molar-refractivity contribution in [1.82, 2.24) is 10.3 Å². The van der Waals surface area contributed by atoms with Gasteiger partial charge in [0, 0.05) is 25.0 Å². The number of H-pyrrole nitrogens is 1. The highest BCUT2D eigenvalue weighted by molar-refractivity contribution is 5.97. The zero-order chi connectivity index (χ0) is 22.8. The van der Waals surface area contributed by atoms with Crippen molar-refractivity contribution >= 4 is 22.6 Å². The fourth-order valence-electron chi connectivity index (χ4n) is 4.71. The molecule has 2 aliphatic heterocycles. The average Bonchev–Trinajstić information content (AvgIpc) is 3.30. The van der Waals surface area contributed by atoms with Crippen LogP contribution in [-0.2, 0) is 0 Å². The molecule has 1 fully saturated rings. The molecular formula is C25H29N3O5. The van der Waals surface area contributed by atoms with Gasteiger partial charge in [0.2, 0.25) is 0 Å². The molecule has 0 unspecified atom stereocenters. The van der Waals surface area contributed by atoms with E-state index < -0.39 is 5.97 Å². The molecule has 1 saturated heterocycles. The van der Waals surface area contributed by atoms with Crippen LogP contribution in [0.1, 0.15) is 23.3 Å². The number of benzene rings is 2. The lowest BCUT2D eigenvalue weighted by molar-refractivity contribution is 0.0691. The third-order valence-electron chi connectivity index (χ3n) is 6.50. The van der Waals surface area contributed by atoms with Gasteiger partial charge in [0.25, 0.3) is 0 Å². The summed E-state index contributed by atoms with van der Waals surface area (Å²) >= 11 is 0. The van der Waals surface area contributed by atoms with Crippen LogP contribution in [0.15, 0.2) is 42.5 Å². The number of hydrogen-bond donors (Lipinski definition) is 3. The van der Waals surface area contributed by atoms with Crippen molar-refractivity contribution in [2.24, 2.45) is 5.92 Å². The molecule has 3 N–H and O–H groups in total. The van der Waals surface area contributed by atoms with Crippen LogP contribution >= 0.6 is 0 Å². The first-order chi connectivity index (χ1) is 16.1. The summed E-state index contributed by atoms with van der Waals surface area (Å²) in [4.78, 5) is 16.6. The second-order valence-corrected chi connectivity index (χ2v) is 8.65. The quantitative estimate of drug-likeness (QED) is 0.506. The van der Waals surface area contributed by atoms with E-state index in [2.05, 4.69) is 27.3 Å². The Hall–Kier alpha value is -3.39. The number of nitrogens with zero attached hydrogens (tertiary/aromatic N) is 1. The Bertz CT molecular complexity index is 1140. The lowest BCUT2D eigenvalue weighted by atomic mass is 9.96. The first kappa shape index (κ1) is 21.5. The third-order valence-corrected chi connectivity index (χ3v) is 6.50. The Kier molecular flexibility index (Phi) is 6.00. The average molecular weight is 452 g/mol. The molecule has 8 heteroatoms. The van der Waals surface area contributed by atoms with E-state index in [4.69, 9.17) is 14.2 Å². The standard InChI is InChI=1S/C25H29N3O5/c1-31-22-5-3-2-4-21(22)28-10-8-16(9-11-28)13-26-14-17-15-32-23-7-6-19-18(24(23)33-17)12-20(27-19)25(29)30/h2-7,12,16-17,26-27H,8-11,13-15H2,1H3,(H,29,30)/t17-/m0/s1. The first-order valence-electron chi connectivity index (χ1n) is 11.4. The van der Waals surface area contributed by atoms with Gasteiger partial charge >= 0.3 is 5.97 Å². The van der Waals surface area contributed by atoms with Crippen LogP contribution in [0.2, 0.25) is 0 Å². The van der Waals surface area contributed by atoms with Crippen molar-refractivity contribution < 1.29 is 24.1 Å². The van der Waals surface area contributed by atoms with Gasteiger partial charge in [-0.25, -0.2) is 4.79 Å². The Morgan fingerprint density at radius 2 is 2.03 bits per heavy atom. The number of carbonyl (C=O) groups is 1. The van der Waals surface area contributed by atoms with Gasteiger partial charge in [-0.05, 0) is 55.6 Å². The fraction of sp³-hybridized carbons (Fsp3) is 0.400. The van der Waals surface area contributed by atoms with E-state index in [0.29, 0.717) is 30.6 Å². The van der Waals surface area contributed by atoms with Crippen molar-refractivity contribution in [1.29, 1.82) is 0 Å². The number of aromatic carboxylic acids is 1. The maximum atomic E-state index is 11.3. The number of nitrogens with one attached hydrogen (secondary N) is 2. The number of hydrogen-bond acceptors (Lipinski definition) is 6. The van der Waals surface area contributed by atoms with Gasteiger partial charge in [0.1, 0.15) is 24.2 Å². The lowest BCUT2D eigenvalue weighted by Crippen LogP contribution is -2.42. The number of rotatable bonds is 7. The molecule has 174 valence electrons. The summed E-state index contributed by atoms with van der Waals surface area (Å²) in [5, 5.41) is 13.6. The summed E-state index contributed by atoms with van der Waals surface area (Å²) in [6.45, 7) is 4.11. The second kappa shape index (κ2) is 9.23. The van der Waals surface area contributed by atoms with E-state index in [9.17, 15) is 9.90 Å². The van der Waals surface area contributed by atoms with Gasteiger partial charge in [-0.15, -0.1) is 0 Å². The summed E-state index contributed by atoms with van der Waals surface area (Å²) in [6.07, 6.45) is 2.12. The van der Waals surface area contributed by atoms with Gasteiger partial charge in [-0.1, -0.05) is 12.1 Å². The van der Waals surface area contributed by atoms with E-state index in [1.165, 1.54) is 5.69 Å². The number of aromatic nitrogens is 1. The zero-order valence-corrected chi connectivity index (χ0v) is 18.7. The number of fused-ring (bicyclic) bond motifs is 3. The van der Waals surface area contributed by atoms with Gasteiger partial charge in [0.15, 0.2) is 11.5 Å². The third kappa shape index (κ3) is 4.43. The lowest BCUT2D eigenvalue weighted by Gasteiger charge is -2.34. The van der Waals surface area contributed by atoms with Crippen LogP contribution in [0, 0.1) is 5.92 Å². The maximum Gasteiger partial charge on any atom is 0.352 e. The van der Waals surface area contributed by atoms with E-state index in [0.717, 1.165) is 49.1 Å². The first-order valence-corrected chi connectivity index (χ1v) is 11.4. The van der Waals surface area contributed by atoms with Crippen LogP contribution in [-0.4, -0.2) is 62.1 Å². The zero-order valence-electron chi connectivity index (χ0n) is 18.7. The molecule has 0 spiro atoms. The summed E-state index contributed by atoms with van der Waals surface area (Å²) in [5.41, 5.74) is 2.03. The minimum atomic E-state index is -0.994. The van der Waals surface area contributed by atoms with Crippen molar-refractivity contribution in [2.45, 2.75) is 18.9 Å². The maximum absolute atomic E-state index is 11.3. The molecular weight excluding hydrogens is 422 g/mol. The molecule has 3 aromatic rings. The number of para-hydroxylation sites is 2. The van der Waals surface area contributed by atoms with Crippen molar-refractivity contribution in [3.8, 4) is 17.2 Å². The number of aromatic amines is 1. The van der Waals surface area contributed by atoms with Crippen LogP contribution in [0.4, 0.5) is 5.69 Å². The monoisotopic (exact) mass is 451 g/mol. The van der Waals surface area contributed by atoms with Crippen molar-refractivity contribution in [3.05, 3.63) is 48.2 Å². The molecule has 5 rings (SSSR count). The normalized spacial score (nSPS) is 18.5. The van der Waals surface area contributed by atoms with E-state index in [1.807, 2.05) is 24.3 Å². The molecule has 3 heterocycles. The molecule has 0 radical (unpaired) electrons. The van der Waals surface area contributed by atoms with Crippen LogP contribution in [0.25, 0.3) is 10.9 Å². The smallest absolute Gasteiger partial charge is 0.352 e. The van der Waals surface area contributed by atoms with Gasteiger partial charge in [-0.2, -0.15) is 0 Å². The summed E-state index contributed by atoms with van der Waals surface area (Å²) < 4.78 is 17.6. The number of methoxy groups -OCH3 is 1. The number of ether oxygens (including phenoxy) is 3. The van der Waals surface area contributed by atoms with E-state index >= 15 is 0 Å². The van der Waals surface area contributed by atoms with E-state index in [-0.39, 0.29) is 11.8 Å². The molecule has 0 amide bonds. The molecule has 2 aromatic carbocycles. The Morgan fingerprint density at radius 1 is 1.21 bits per heavy atom. The summed E-state index contributed by atoms with van der Waals surface area (Å²) in [6, 6.07) is 13.4. The topological polar surface area (TPSA) is 96.1 Å². The summed E-state index contributed by atoms with van der Waals surface area (Å²) in [5.74, 6) is 1.81. The van der Waals surface area contributed by atoms with Crippen LogP contribution in [0.5, 0.6) is 17.2 Å². The minimum absolute atomic E-state index is 0.125. The van der Waals surface area contributed by atoms with Crippen LogP contribution in [0.3, 0.4) is 0 Å². The molecule has 1 aromatic heterocycles.